The normalized spacial score (nSPS) is 16.9. The van der Waals surface area contributed by atoms with E-state index in [2.05, 4.69) is 30.5 Å². The van der Waals surface area contributed by atoms with Gasteiger partial charge in [-0.3, -0.25) is 14.9 Å². The quantitative estimate of drug-likeness (QED) is 0.739. The molecule has 1 aliphatic rings. The molecule has 0 bridgehead atoms. The predicted octanol–water partition coefficient (Wildman–Crippen LogP) is 2.67. The number of likely N-dealkylation sites (tertiary alicyclic amines) is 1. The molecule has 1 atom stereocenters. The number of piperidine rings is 1. The van der Waals surface area contributed by atoms with E-state index < -0.39 is 0 Å². The van der Waals surface area contributed by atoms with Gasteiger partial charge in [0.2, 0.25) is 0 Å². The zero-order valence-electron chi connectivity index (χ0n) is 15.1. The second-order valence-electron chi connectivity index (χ2n) is 6.64. The van der Waals surface area contributed by atoms with Crippen molar-refractivity contribution in [3.8, 4) is 0 Å². The number of nitrogens with zero attached hydrogens (tertiary/aromatic N) is 5. The maximum absolute atomic E-state index is 12.6. The number of rotatable bonds is 4. The van der Waals surface area contributed by atoms with Gasteiger partial charge in [-0.15, -0.1) is 0 Å². The minimum absolute atomic E-state index is 0.0315. The van der Waals surface area contributed by atoms with Gasteiger partial charge < -0.3 is 10.2 Å². The zero-order chi connectivity index (χ0) is 18.6. The first-order valence-electron chi connectivity index (χ1n) is 9.01. The van der Waals surface area contributed by atoms with E-state index in [0.29, 0.717) is 18.1 Å². The van der Waals surface area contributed by atoms with E-state index in [9.17, 15) is 4.79 Å². The van der Waals surface area contributed by atoms with Gasteiger partial charge >= 0.3 is 0 Å². The Kier molecular flexibility index (Phi) is 4.78. The Morgan fingerprint density at radius 1 is 1.22 bits per heavy atom. The Morgan fingerprint density at radius 2 is 2.11 bits per heavy atom. The molecule has 1 saturated heterocycles. The lowest BCUT2D eigenvalue weighted by atomic mass is 9.94. The number of hydrogen-bond donors (Lipinski definition) is 2. The Bertz CT molecular complexity index is 925. The molecule has 0 unspecified atom stereocenters. The van der Waals surface area contributed by atoms with Crippen molar-refractivity contribution in [1.29, 1.82) is 0 Å². The number of hydrogen-bond acceptors (Lipinski definition) is 6. The van der Waals surface area contributed by atoms with Crippen LogP contribution >= 0.6 is 0 Å². The highest BCUT2D eigenvalue weighted by atomic mass is 16.2. The Balaban J connectivity index is 1.55. The number of amides is 1. The third-order valence-electron chi connectivity index (χ3n) is 4.69. The van der Waals surface area contributed by atoms with Crippen LogP contribution in [0.3, 0.4) is 0 Å². The van der Waals surface area contributed by atoms with Gasteiger partial charge in [0.05, 0.1) is 5.69 Å². The molecule has 3 aromatic rings. The van der Waals surface area contributed by atoms with Crippen molar-refractivity contribution < 1.29 is 4.79 Å². The number of aromatic nitrogens is 5. The SMILES string of the molecule is Cc1cccc(Nc2nccnc2[C@@H]2CCCN(C(=O)c3ccn[nH]3)C2)n1. The van der Waals surface area contributed by atoms with Crippen LogP contribution in [0.1, 0.15) is 40.6 Å². The van der Waals surface area contributed by atoms with E-state index in [1.165, 1.54) is 0 Å². The van der Waals surface area contributed by atoms with E-state index in [4.69, 9.17) is 0 Å². The third kappa shape index (κ3) is 3.79. The van der Waals surface area contributed by atoms with Gasteiger partial charge in [0.1, 0.15) is 11.5 Å². The van der Waals surface area contributed by atoms with Crippen molar-refractivity contribution in [3.05, 3.63) is 59.9 Å². The van der Waals surface area contributed by atoms with E-state index in [0.717, 1.165) is 36.6 Å². The fraction of sp³-hybridized carbons (Fsp3) is 0.316. The summed E-state index contributed by atoms with van der Waals surface area (Å²) in [5.41, 5.74) is 2.31. The fourth-order valence-corrected chi connectivity index (χ4v) is 3.41. The van der Waals surface area contributed by atoms with Crippen LogP contribution in [-0.4, -0.2) is 49.0 Å². The van der Waals surface area contributed by atoms with Crippen LogP contribution in [0.4, 0.5) is 11.6 Å². The van der Waals surface area contributed by atoms with Crippen LogP contribution in [0.15, 0.2) is 42.9 Å². The number of anilines is 2. The summed E-state index contributed by atoms with van der Waals surface area (Å²) in [4.78, 5) is 28.0. The Labute approximate surface area is 157 Å². The summed E-state index contributed by atoms with van der Waals surface area (Å²) < 4.78 is 0. The van der Waals surface area contributed by atoms with Crippen LogP contribution in [0.25, 0.3) is 0 Å². The summed E-state index contributed by atoms with van der Waals surface area (Å²) in [6.45, 7) is 3.28. The van der Waals surface area contributed by atoms with Gasteiger partial charge in [0, 0.05) is 43.3 Å². The van der Waals surface area contributed by atoms with Crippen LogP contribution in [0.5, 0.6) is 0 Å². The second kappa shape index (κ2) is 7.53. The number of aryl methyl sites for hydroxylation is 1. The lowest BCUT2D eigenvalue weighted by Crippen LogP contribution is -2.39. The van der Waals surface area contributed by atoms with Crippen molar-refractivity contribution >= 4 is 17.5 Å². The molecule has 0 aliphatic carbocycles. The summed E-state index contributed by atoms with van der Waals surface area (Å²) in [5.74, 6) is 1.51. The molecular weight excluding hydrogens is 342 g/mol. The minimum atomic E-state index is -0.0315. The van der Waals surface area contributed by atoms with Crippen LogP contribution < -0.4 is 5.32 Å². The van der Waals surface area contributed by atoms with Crippen LogP contribution in [0.2, 0.25) is 0 Å². The standard InChI is InChI=1S/C19H21N7O/c1-13-4-2-6-16(23-13)24-18-17(20-9-10-21-18)14-5-3-11-26(12-14)19(27)15-7-8-22-25-15/h2,4,6-10,14H,3,5,11-12H2,1H3,(H,22,25)(H,21,23,24)/t14-/m1/s1. The van der Waals surface area contributed by atoms with Gasteiger partial charge in [-0.25, -0.2) is 9.97 Å². The average molecular weight is 363 g/mol. The Hall–Kier alpha value is -3.29. The zero-order valence-corrected chi connectivity index (χ0v) is 15.1. The molecular formula is C19H21N7O. The maximum atomic E-state index is 12.6. The molecule has 1 fully saturated rings. The molecule has 4 rings (SSSR count). The number of nitrogens with one attached hydrogen (secondary N) is 2. The van der Waals surface area contributed by atoms with Gasteiger partial charge in [0.15, 0.2) is 5.82 Å². The molecule has 0 radical (unpaired) electrons. The number of pyridine rings is 1. The van der Waals surface area contributed by atoms with E-state index >= 15 is 0 Å². The highest BCUT2D eigenvalue weighted by Crippen LogP contribution is 2.30. The molecule has 0 saturated carbocycles. The average Bonchev–Trinajstić information content (AvgIpc) is 3.23. The third-order valence-corrected chi connectivity index (χ3v) is 4.69. The summed E-state index contributed by atoms with van der Waals surface area (Å²) >= 11 is 0. The lowest BCUT2D eigenvalue weighted by molar-refractivity contribution is 0.0700. The predicted molar refractivity (Wildman–Crippen MR) is 101 cm³/mol. The van der Waals surface area contributed by atoms with E-state index in [1.54, 1.807) is 24.7 Å². The Morgan fingerprint density at radius 3 is 2.93 bits per heavy atom. The molecule has 8 heteroatoms. The smallest absolute Gasteiger partial charge is 0.271 e. The van der Waals surface area contributed by atoms with Crippen LogP contribution in [0, 0.1) is 6.92 Å². The summed E-state index contributed by atoms with van der Waals surface area (Å²) in [7, 11) is 0. The van der Waals surface area contributed by atoms with Gasteiger partial charge in [-0.2, -0.15) is 5.10 Å². The van der Waals surface area contributed by atoms with Gasteiger partial charge in [0.25, 0.3) is 5.91 Å². The highest BCUT2D eigenvalue weighted by Gasteiger charge is 2.28. The van der Waals surface area contributed by atoms with Gasteiger partial charge in [-0.1, -0.05) is 6.07 Å². The molecule has 0 spiro atoms. The van der Waals surface area contributed by atoms with Crippen molar-refractivity contribution in [2.45, 2.75) is 25.7 Å². The molecule has 3 aromatic heterocycles. The largest absolute Gasteiger partial charge is 0.337 e. The van der Waals surface area contributed by atoms with Gasteiger partial charge in [-0.05, 0) is 38.0 Å². The number of carbonyl (C=O) groups excluding carboxylic acids is 1. The first-order chi connectivity index (χ1) is 13.2. The molecule has 1 aliphatic heterocycles. The van der Waals surface area contributed by atoms with Crippen molar-refractivity contribution in [2.24, 2.45) is 0 Å². The monoisotopic (exact) mass is 363 g/mol. The lowest BCUT2D eigenvalue weighted by Gasteiger charge is -2.32. The summed E-state index contributed by atoms with van der Waals surface area (Å²) in [5, 5.41) is 9.90. The molecule has 2 N–H and O–H groups in total. The number of H-pyrrole nitrogens is 1. The highest BCUT2D eigenvalue weighted by molar-refractivity contribution is 5.92. The molecule has 0 aromatic carbocycles. The fourth-order valence-electron chi connectivity index (χ4n) is 3.41. The summed E-state index contributed by atoms with van der Waals surface area (Å²) in [6, 6.07) is 7.50. The molecule has 4 heterocycles. The first-order valence-corrected chi connectivity index (χ1v) is 9.01. The van der Waals surface area contributed by atoms with Crippen LogP contribution in [-0.2, 0) is 0 Å². The molecule has 1 amide bonds. The molecule has 8 nitrogen and oxygen atoms in total. The maximum Gasteiger partial charge on any atom is 0.271 e. The minimum Gasteiger partial charge on any atom is -0.337 e. The van der Waals surface area contributed by atoms with E-state index in [1.807, 2.05) is 30.0 Å². The second-order valence-corrected chi connectivity index (χ2v) is 6.64. The van der Waals surface area contributed by atoms with Crippen molar-refractivity contribution in [3.63, 3.8) is 0 Å². The molecule has 27 heavy (non-hydrogen) atoms. The first kappa shape index (κ1) is 17.1. The topological polar surface area (TPSA) is 99.7 Å². The summed E-state index contributed by atoms with van der Waals surface area (Å²) in [6.07, 6.45) is 6.83. The van der Waals surface area contributed by atoms with E-state index in [-0.39, 0.29) is 11.8 Å². The number of carbonyl (C=O) groups is 1. The van der Waals surface area contributed by atoms with Crippen molar-refractivity contribution in [2.75, 3.05) is 18.4 Å². The molecule has 138 valence electrons. The number of aromatic amines is 1. The van der Waals surface area contributed by atoms with Crippen molar-refractivity contribution in [1.82, 2.24) is 30.0 Å².